The zero-order chi connectivity index (χ0) is 19.3. The zero-order valence-corrected chi connectivity index (χ0v) is 15.8. The number of H-pyrrole nitrogens is 1. The summed E-state index contributed by atoms with van der Waals surface area (Å²) in [6, 6.07) is 9.94. The molecule has 0 spiro atoms. The van der Waals surface area contributed by atoms with Gasteiger partial charge in [0.15, 0.2) is 0 Å². The summed E-state index contributed by atoms with van der Waals surface area (Å²) in [5.41, 5.74) is 3.51. The quantitative estimate of drug-likeness (QED) is 0.648. The summed E-state index contributed by atoms with van der Waals surface area (Å²) < 4.78 is 1.87. The van der Waals surface area contributed by atoms with Crippen LogP contribution in [0.4, 0.5) is 0 Å². The van der Waals surface area contributed by atoms with Crippen LogP contribution in [0.15, 0.2) is 59.2 Å². The number of nitrogens with zero attached hydrogens (tertiary/aromatic N) is 2. The van der Waals surface area contributed by atoms with Gasteiger partial charge in [0.1, 0.15) is 5.69 Å². The minimum atomic E-state index is -0.279. The van der Waals surface area contributed by atoms with Crippen LogP contribution in [0.5, 0.6) is 0 Å². The number of aromatic amines is 1. The van der Waals surface area contributed by atoms with Crippen molar-refractivity contribution in [1.29, 1.82) is 0 Å². The number of fused-ring (bicyclic) bond motifs is 1. The maximum absolute atomic E-state index is 12.8. The van der Waals surface area contributed by atoms with Crippen molar-refractivity contribution in [1.82, 2.24) is 20.1 Å². The number of hydrogen-bond donors (Lipinski definition) is 2. The number of nitrogens with one attached hydrogen (secondary N) is 2. The molecule has 1 aromatic carbocycles. The first kappa shape index (κ1) is 18.2. The molecule has 4 rings (SSSR count). The number of rotatable bonds is 6. The average Bonchev–Trinajstić information content (AvgIpc) is 3.10. The van der Waals surface area contributed by atoms with Crippen molar-refractivity contribution in [3.8, 4) is 11.3 Å². The van der Waals surface area contributed by atoms with Gasteiger partial charge >= 0.3 is 0 Å². The fourth-order valence-electron chi connectivity index (χ4n) is 3.71. The molecule has 2 heterocycles. The SMILES string of the molecule is O=C(NCCC1=CCCCC1)c1cn(Cc2ccccc2)cc2c(=O)[nH]nc1-2. The smallest absolute Gasteiger partial charge is 0.275 e. The third-order valence-corrected chi connectivity index (χ3v) is 5.18. The average molecular weight is 376 g/mol. The van der Waals surface area contributed by atoms with Crippen LogP contribution in [0.25, 0.3) is 11.3 Å². The second-order valence-electron chi connectivity index (χ2n) is 7.26. The lowest BCUT2D eigenvalue weighted by atomic mass is 9.97. The summed E-state index contributed by atoms with van der Waals surface area (Å²) in [6.45, 7) is 1.17. The molecule has 28 heavy (non-hydrogen) atoms. The van der Waals surface area contributed by atoms with Gasteiger partial charge in [-0.1, -0.05) is 42.0 Å². The number of aromatic nitrogens is 3. The van der Waals surface area contributed by atoms with Crippen molar-refractivity contribution >= 4 is 5.91 Å². The van der Waals surface area contributed by atoms with E-state index in [1.165, 1.54) is 18.4 Å². The molecule has 1 aliphatic carbocycles. The lowest BCUT2D eigenvalue weighted by Gasteiger charge is -2.15. The molecule has 0 saturated carbocycles. The number of pyridine rings is 1. The van der Waals surface area contributed by atoms with Crippen LogP contribution in [0.1, 0.15) is 48.0 Å². The van der Waals surface area contributed by atoms with Gasteiger partial charge in [-0.2, -0.15) is 5.10 Å². The van der Waals surface area contributed by atoms with Crippen LogP contribution in [-0.4, -0.2) is 27.2 Å². The predicted molar refractivity (Wildman–Crippen MR) is 109 cm³/mol. The van der Waals surface area contributed by atoms with Gasteiger partial charge in [0.25, 0.3) is 11.5 Å². The molecule has 3 aliphatic rings. The highest BCUT2D eigenvalue weighted by Crippen LogP contribution is 2.22. The molecule has 0 aromatic heterocycles. The largest absolute Gasteiger partial charge is 0.352 e. The van der Waals surface area contributed by atoms with Gasteiger partial charge in [-0.05, 0) is 37.7 Å². The fraction of sp³-hybridized carbons (Fsp3) is 0.318. The maximum atomic E-state index is 12.8. The normalized spacial score (nSPS) is 14.1. The van der Waals surface area contributed by atoms with E-state index in [0.717, 1.165) is 24.8 Å². The molecule has 0 unspecified atom stereocenters. The summed E-state index contributed by atoms with van der Waals surface area (Å²) in [7, 11) is 0. The monoisotopic (exact) mass is 376 g/mol. The Kier molecular flexibility index (Phi) is 5.37. The number of carbonyl (C=O) groups excluding carboxylic acids is 1. The summed E-state index contributed by atoms with van der Waals surface area (Å²) in [6.07, 6.45) is 11.4. The summed E-state index contributed by atoms with van der Waals surface area (Å²) in [5.74, 6) is -0.199. The number of allylic oxidation sites excluding steroid dienone is 1. The Balaban J connectivity index is 1.54. The van der Waals surface area contributed by atoms with E-state index in [9.17, 15) is 9.59 Å². The van der Waals surface area contributed by atoms with Gasteiger partial charge in [0, 0.05) is 25.5 Å². The van der Waals surface area contributed by atoms with Gasteiger partial charge < -0.3 is 9.88 Å². The van der Waals surface area contributed by atoms with Gasteiger partial charge in [-0.3, -0.25) is 9.59 Å². The first-order valence-corrected chi connectivity index (χ1v) is 9.79. The van der Waals surface area contributed by atoms with E-state index < -0.39 is 0 Å². The third-order valence-electron chi connectivity index (χ3n) is 5.18. The Bertz CT molecular complexity index is 1020. The van der Waals surface area contributed by atoms with Crippen LogP contribution in [0.2, 0.25) is 0 Å². The number of amides is 1. The Hall–Kier alpha value is -3.15. The second kappa shape index (κ2) is 8.25. The summed E-state index contributed by atoms with van der Waals surface area (Å²) >= 11 is 0. The third kappa shape index (κ3) is 4.06. The standard InChI is InChI=1S/C22H24N4O2/c27-21(23-12-11-16-7-3-1-4-8-16)18-14-26(13-17-9-5-2-6-10-17)15-19-20(18)24-25-22(19)28/h2,5-7,9-10,14-15H,1,3-4,8,11-13H2,(H,23,27)(H,25,28). The maximum Gasteiger partial charge on any atom is 0.275 e. The molecule has 2 N–H and O–H groups in total. The summed E-state index contributed by atoms with van der Waals surface area (Å²) in [5, 5.41) is 9.51. The molecule has 6 nitrogen and oxygen atoms in total. The van der Waals surface area contributed by atoms with Crippen molar-refractivity contribution in [2.75, 3.05) is 6.54 Å². The van der Waals surface area contributed by atoms with E-state index in [1.54, 1.807) is 12.4 Å². The molecule has 0 saturated heterocycles. The molecular weight excluding hydrogens is 352 g/mol. The molecule has 0 atom stereocenters. The van der Waals surface area contributed by atoms with E-state index in [4.69, 9.17) is 0 Å². The van der Waals surface area contributed by atoms with Crippen molar-refractivity contribution < 1.29 is 4.79 Å². The highest BCUT2D eigenvalue weighted by molar-refractivity contribution is 5.99. The number of carbonyl (C=O) groups is 1. The number of benzene rings is 1. The number of hydrogen-bond acceptors (Lipinski definition) is 3. The fourth-order valence-corrected chi connectivity index (χ4v) is 3.71. The molecule has 1 amide bonds. The highest BCUT2D eigenvalue weighted by atomic mass is 16.2. The molecule has 2 aliphatic heterocycles. The van der Waals surface area contributed by atoms with Crippen LogP contribution in [-0.2, 0) is 6.54 Å². The molecule has 6 heteroatoms. The predicted octanol–water partition coefficient (Wildman–Crippen LogP) is 3.34. The lowest BCUT2D eigenvalue weighted by Crippen LogP contribution is -2.26. The molecule has 1 aromatic rings. The summed E-state index contributed by atoms with van der Waals surface area (Å²) in [4.78, 5) is 24.9. The molecular formula is C22H24N4O2. The van der Waals surface area contributed by atoms with E-state index in [2.05, 4.69) is 21.6 Å². The van der Waals surface area contributed by atoms with Crippen molar-refractivity contribution in [2.45, 2.75) is 38.6 Å². The first-order chi connectivity index (χ1) is 13.7. The first-order valence-electron chi connectivity index (χ1n) is 9.79. The Morgan fingerprint density at radius 3 is 2.82 bits per heavy atom. The molecule has 144 valence electrons. The van der Waals surface area contributed by atoms with E-state index in [-0.39, 0.29) is 11.5 Å². The van der Waals surface area contributed by atoms with Crippen molar-refractivity contribution in [2.24, 2.45) is 0 Å². The Labute approximate surface area is 163 Å². The lowest BCUT2D eigenvalue weighted by molar-refractivity contribution is 0.0953. The van der Waals surface area contributed by atoms with Gasteiger partial charge in [0.05, 0.1) is 11.1 Å². The van der Waals surface area contributed by atoms with Gasteiger partial charge in [-0.15, -0.1) is 0 Å². The van der Waals surface area contributed by atoms with Gasteiger partial charge in [0.2, 0.25) is 0 Å². The van der Waals surface area contributed by atoms with Gasteiger partial charge in [-0.25, -0.2) is 5.10 Å². The molecule has 0 fully saturated rings. The van der Waals surface area contributed by atoms with E-state index in [0.29, 0.717) is 29.9 Å². The Morgan fingerprint density at radius 1 is 1.18 bits per heavy atom. The zero-order valence-electron chi connectivity index (χ0n) is 15.8. The minimum Gasteiger partial charge on any atom is -0.352 e. The molecule has 0 bridgehead atoms. The molecule has 0 radical (unpaired) electrons. The van der Waals surface area contributed by atoms with Crippen LogP contribution < -0.4 is 10.9 Å². The van der Waals surface area contributed by atoms with Crippen molar-refractivity contribution in [3.05, 3.63) is 75.9 Å². The minimum absolute atomic E-state index is 0.199. The van der Waals surface area contributed by atoms with Crippen LogP contribution in [0, 0.1) is 0 Å². The van der Waals surface area contributed by atoms with E-state index >= 15 is 0 Å². The van der Waals surface area contributed by atoms with Crippen molar-refractivity contribution in [3.63, 3.8) is 0 Å². The van der Waals surface area contributed by atoms with Crippen LogP contribution in [0.3, 0.4) is 0 Å². The van der Waals surface area contributed by atoms with Crippen LogP contribution >= 0.6 is 0 Å². The topological polar surface area (TPSA) is 79.8 Å². The second-order valence-corrected chi connectivity index (χ2v) is 7.26. The highest BCUT2D eigenvalue weighted by Gasteiger charge is 2.21. The Morgan fingerprint density at radius 2 is 2.04 bits per heavy atom. The van der Waals surface area contributed by atoms with E-state index in [1.807, 2.05) is 34.9 Å².